The van der Waals surface area contributed by atoms with E-state index in [0.29, 0.717) is 0 Å². The first-order valence-electron chi connectivity index (χ1n) is 6.00. The Bertz CT molecular complexity index is 584. The predicted molar refractivity (Wildman–Crippen MR) is 76.4 cm³/mol. The zero-order valence-electron chi connectivity index (χ0n) is 10.8. The summed E-state index contributed by atoms with van der Waals surface area (Å²) >= 11 is 1.56. The summed E-state index contributed by atoms with van der Waals surface area (Å²) in [5, 5.41) is 1.96. The molecule has 1 aromatic carbocycles. The van der Waals surface area contributed by atoms with Crippen molar-refractivity contribution >= 4 is 28.6 Å². The number of rotatable bonds is 4. The predicted octanol–water partition coefficient (Wildman–Crippen LogP) is 1.74. The standard InChI is InChI=1S/C13H16N4OS/c1-8(12(18)17-14)9(2)19-13-10-5-3-4-6-11(10)15-7-16-13/h3-9H,14H2,1-2H3,(H,17,18). The van der Waals surface area contributed by atoms with Gasteiger partial charge in [0.05, 0.1) is 5.52 Å². The van der Waals surface area contributed by atoms with Crippen LogP contribution in [-0.4, -0.2) is 21.1 Å². The molecular formula is C13H16N4OS. The van der Waals surface area contributed by atoms with Crippen LogP contribution in [0.4, 0.5) is 0 Å². The topological polar surface area (TPSA) is 80.9 Å². The molecule has 5 nitrogen and oxygen atoms in total. The molecule has 0 saturated carbocycles. The number of nitrogens with two attached hydrogens (primary N) is 1. The molecule has 1 heterocycles. The van der Waals surface area contributed by atoms with E-state index in [0.717, 1.165) is 15.9 Å². The summed E-state index contributed by atoms with van der Waals surface area (Å²) in [6.45, 7) is 3.84. The van der Waals surface area contributed by atoms with Crippen molar-refractivity contribution < 1.29 is 4.79 Å². The fraction of sp³-hybridized carbons (Fsp3) is 0.308. The van der Waals surface area contributed by atoms with Gasteiger partial charge in [0.15, 0.2) is 0 Å². The van der Waals surface area contributed by atoms with E-state index in [4.69, 9.17) is 5.84 Å². The SMILES string of the molecule is CC(Sc1ncnc2ccccc12)C(C)C(=O)NN. The third kappa shape index (κ3) is 3.02. The van der Waals surface area contributed by atoms with Gasteiger partial charge in [-0.05, 0) is 6.07 Å². The highest BCUT2D eigenvalue weighted by Gasteiger charge is 2.21. The number of carbonyl (C=O) groups is 1. The molecule has 6 heteroatoms. The maximum absolute atomic E-state index is 11.5. The molecule has 0 aliphatic rings. The Morgan fingerprint density at radius 1 is 1.32 bits per heavy atom. The highest BCUT2D eigenvalue weighted by Crippen LogP contribution is 2.30. The first-order chi connectivity index (χ1) is 9.13. The Balaban J connectivity index is 2.24. The van der Waals surface area contributed by atoms with Crippen LogP contribution in [0.5, 0.6) is 0 Å². The van der Waals surface area contributed by atoms with E-state index < -0.39 is 0 Å². The second kappa shape index (κ2) is 5.99. The van der Waals surface area contributed by atoms with Crippen LogP contribution < -0.4 is 11.3 Å². The van der Waals surface area contributed by atoms with Crippen LogP contribution in [0.25, 0.3) is 10.9 Å². The van der Waals surface area contributed by atoms with Crippen molar-refractivity contribution in [3.63, 3.8) is 0 Å². The lowest BCUT2D eigenvalue weighted by Crippen LogP contribution is -2.38. The third-order valence-electron chi connectivity index (χ3n) is 3.06. The lowest BCUT2D eigenvalue weighted by molar-refractivity contribution is -0.124. The normalized spacial score (nSPS) is 14.1. The molecule has 2 unspecified atom stereocenters. The lowest BCUT2D eigenvalue weighted by Gasteiger charge is -2.17. The maximum Gasteiger partial charge on any atom is 0.237 e. The minimum Gasteiger partial charge on any atom is -0.294 e. The molecule has 0 saturated heterocycles. The number of carbonyl (C=O) groups excluding carboxylic acids is 1. The summed E-state index contributed by atoms with van der Waals surface area (Å²) in [7, 11) is 0. The number of nitrogens with zero attached hydrogens (tertiary/aromatic N) is 2. The van der Waals surface area contributed by atoms with E-state index in [-0.39, 0.29) is 17.1 Å². The Morgan fingerprint density at radius 2 is 2.05 bits per heavy atom. The van der Waals surface area contributed by atoms with Crippen molar-refractivity contribution in [2.24, 2.45) is 11.8 Å². The van der Waals surface area contributed by atoms with Crippen molar-refractivity contribution in [2.75, 3.05) is 0 Å². The first kappa shape index (κ1) is 13.8. The van der Waals surface area contributed by atoms with E-state index >= 15 is 0 Å². The molecule has 0 radical (unpaired) electrons. The minimum absolute atomic E-state index is 0.0712. The highest BCUT2D eigenvalue weighted by atomic mass is 32.2. The van der Waals surface area contributed by atoms with Gasteiger partial charge in [-0.2, -0.15) is 0 Å². The zero-order valence-corrected chi connectivity index (χ0v) is 11.6. The van der Waals surface area contributed by atoms with Crippen LogP contribution in [0.2, 0.25) is 0 Å². The fourth-order valence-electron chi connectivity index (χ4n) is 1.70. The number of aromatic nitrogens is 2. The van der Waals surface area contributed by atoms with Gasteiger partial charge >= 0.3 is 0 Å². The summed E-state index contributed by atoms with van der Waals surface area (Å²) in [6.07, 6.45) is 1.55. The van der Waals surface area contributed by atoms with Crippen molar-refractivity contribution in [3.05, 3.63) is 30.6 Å². The number of benzene rings is 1. The molecule has 2 rings (SSSR count). The van der Waals surface area contributed by atoms with Gasteiger partial charge in [0.2, 0.25) is 5.91 Å². The summed E-state index contributed by atoms with van der Waals surface area (Å²) in [4.78, 5) is 20.0. The lowest BCUT2D eigenvalue weighted by atomic mass is 10.1. The monoisotopic (exact) mass is 276 g/mol. The Morgan fingerprint density at radius 3 is 2.79 bits per heavy atom. The van der Waals surface area contributed by atoms with Gasteiger partial charge in [0.1, 0.15) is 11.4 Å². The van der Waals surface area contributed by atoms with Gasteiger partial charge in [-0.15, -0.1) is 11.8 Å². The molecule has 3 N–H and O–H groups in total. The Kier molecular flexibility index (Phi) is 4.34. The number of hydrogen-bond acceptors (Lipinski definition) is 5. The molecule has 0 bridgehead atoms. The first-order valence-corrected chi connectivity index (χ1v) is 6.88. The Hall–Kier alpha value is -1.66. The van der Waals surface area contributed by atoms with Gasteiger partial charge in [-0.25, -0.2) is 15.8 Å². The van der Waals surface area contributed by atoms with Crippen LogP contribution in [0, 0.1) is 5.92 Å². The van der Waals surface area contributed by atoms with Gasteiger partial charge in [0.25, 0.3) is 0 Å². The van der Waals surface area contributed by atoms with E-state index in [1.807, 2.05) is 38.1 Å². The van der Waals surface area contributed by atoms with E-state index in [2.05, 4.69) is 15.4 Å². The summed E-state index contributed by atoms with van der Waals surface area (Å²) < 4.78 is 0. The summed E-state index contributed by atoms with van der Waals surface area (Å²) in [6, 6.07) is 7.83. The van der Waals surface area contributed by atoms with E-state index in [9.17, 15) is 4.79 Å². The smallest absolute Gasteiger partial charge is 0.237 e. The molecule has 2 aromatic rings. The molecule has 19 heavy (non-hydrogen) atoms. The molecule has 0 aliphatic carbocycles. The van der Waals surface area contributed by atoms with Crippen molar-refractivity contribution in [3.8, 4) is 0 Å². The van der Waals surface area contributed by atoms with Gasteiger partial charge in [-0.1, -0.05) is 32.0 Å². The van der Waals surface area contributed by atoms with Gasteiger partial charge in [-0.3, -0.25) is 10.2 Å². The maximum atomic E-state index is 11.5. The molecule has 1 aromatic heterocycles. The Labute approximate surface area is 116 Å². The van der Waals surface area contributed by atoms with Crippen molar-refractivity contribution in [2.45, 2.75) is 24.1 Å². The molecule has 2 atom stereocenters. The number of nitrogens with one attached hydrogen (secondary N) is 1. The molecule has 0 spiro atoms. The molecule has 0 aliphatic heterocycles. The van der Waals surface area contributed by atoms with Crippen molar-refractivity contribution in [1.29, 1.82) is 0 Å². The molecule has 1 amide bonds. The molecule has 100 valence electrons. The van der Waals surface area contributed by atoms with Crippen LogP contribution in [-0.2, 0) is 4.79 Å². The van der Waals surface area contributed by atoms with E-state index in [1.54, 1.807) is 18.1 Å². The molecular weight excluding hydrogens is 260 g/mol. The van der Waals surface area contributed by atoms with E-state index in [1.165, 1.54) is 0 Å². The van der Waals surface area contributed by atoms with Crippen LogP contribution in [0.3, 0.4) is 0 Å². The van der Waals surface area contributed by atoms with Crippen molar-refractivity contribution in [1.82, 2.24) is 15.4 Å². The number of fused-ring (bicyclic) bond motifs is 1. The largest absolute Gasteiger partial charge is 0.294 e. The third-order valence-corrected chi connectivity index (χ3v) is 4.39. The van der Waals surface area contributed by atoms with Crippen LogP contribution >= 0.6 is 11.8 Å². The minimum atomic E-state index is -0.191. The average molecular weight is 276 g/mol. The summed E-state index contributed by atoms with van der Waals surface area (Å²) in [5.74, 6) is 4.80. The van der Waals surface area contributed by atoms with Gasteiger partial charge < -0.3 is 0 Å². The number of hydrazine groups is 1. The second-order valence-electron chi connectivity index (χ2n) is 4.32. The summed E-state index contributed by atoms with van der Waals surface area (Å²) in [5.41, 5.74) is 3.09. The fourth-order valence-corrected chi connectivity index (χ4v) is 2.78. The van der Waals surface area contributed by atoms with Crippen LogP contribution in [0.1, 0.15) is 13.8 Å². The van der Waals surface area contributed by atoms with Gasteiger partial charge in [0, 0.05) is 16.6 Å². The quantitative estimate of drug-likeness (QED) is 0.292. The zero-order chi connectivity index (χ0) is 13.8. The second-order valence-corrected chi connectivity index (χ2v) is 5.68. The highest BCUT2D eigenvalue weighted by molar-refractivity contribution is 8.00. The number of amides is 1. The molecule has 0 fully saturated rings. The number of thioether (sulfide) groups is 1. The van der Waals surface area contributed by atoms with Crippen LogP contribution in [0.15, 0.2) is 35.6 Å². The number of hydrogen-bond donors (Lipinski definition) is 2. The number of para-hydroxylation sites is 1. The average Bonchev–Trinajstić information content (AvgIpc) is 2.46.